The predicted octanol–water partition coefficient (Wildman–Crippen LogP) is 2.38. The second-order valence-electron chi connectivity index (χ2n) is 4.59. The molecule has 0 saturated heterocycles. The van der Waals surface area contributed by atoms with E-state index in [0.717, 1.165) is 37.4 Å². The van der Waals surface area contributed by atoms with Crippen LogP contribution >= 0.6 is 11.8 Å². The molecule has 1 N–H and O–H groups in total. The third-order valence-corrected chi connectivity index (χ3v) is 4.41. The molecule has 0 spiro atoms. The van der Waals surface area contributed by atoms with Crippen LogP contribution in [-0.2, 0) is 0 Å². The normalized spacial score (nSPS) is 27.7. The van der Waals surface area contributed by atoms with Crippen molar-refractivity contribution in [2.24, 2.45) is 0 Å². The number of nitriles is 1. The van der Waals surface area contributed by atoms with E-state index in [1.54, 1.807) is 24.2 Å². The van der Waals surface area contributed by atoms with Gasteiger partial charge in [0, 0.05) is 17.6 Å². The van der Waals surface area contributed by atoms with E-state index in [2.05, 4.69) is 28.3 Å². The summed E-state index contributed by atoms with van der Waals surface area (Å²) >= 11 is 1.69. The topological polar surface area (TPSA) is 61.6 Å². The van der Waals surface area contributed by atoms with Gasteiger partial charge in [0.25, 0.3) is 0 Å². The highest BCUT2D eigenvalue weighted by molar-refractivity contribution is 7.99. The van der Waals surface area contributed by atoms with Gasteiger partial charge in [-0.15, -0.1) is 0 Å². The van der Waals surface area contributed by atoms with E-state index in [1.165, 1.54) is 0 Å². The highest BCUT2D eigenvalue weighted by Gasteiger charge is 2.36. The van der Waals surface area contributed by atoms with Crippen LogP contribution in [0, 0.1) is 11.3 Å². The molecule has 18 heavy (non-hydrogen) atoms. The Bertz CT molecular complexity index is 413. The van der Waals surface area contributed by atoms with Crippen LogP contribution < -0.4 is 5.32 Å². The molecule has 1 aromatic rings. The summed E-state index contributed by atoms with van der Waals surface area (Å²) in [5.41, 5.74) is -0.348. The SMILES string of the molecule is CCNC1(C#N)CCCC(Sc2ncccn2)C1. The van der Waals surface area contributed by atoms with Crippen molar-refractivity contribution in [3.63, 3.8) is 0 Å². The smallest absolute Gasteiger partial charge is 0.187 e. The first-order valence-electron chi connectivity index (χ1n) is 6.38. The molecule has 0 bridgehead atoms. The minimum atomic E-state index is -0.348. The Balaban J connectivity index is 2.01. The molecule has 2 rings (SSSR count). The molecule has 5 heteroatoms. The lowest BCUT2D eigenvalue weighted by Gasteiger charge is -2.35. The molecule has 96 valence electrons. The van der Waals surface area contributed by atoms with Crippen molar-refractivity contribution in [2.75, 3.05) is 6.54 Å². The molecule has 0 amide bonds. The summed E-state index contributed by atoms with van der Waals surface area (Å²) in [5.74, 6) is 0. The average Bonchev–Trinajstić information content (AvgIpc) is 2.41. The van der Waals surface area contributed by atoms with E-state index >= 15 is 0 Å². The lowest BCUT2D eigenvalue weighted by molar-refractivity contribution is 0.309. The molecule has 2 unspecified atom stereocenters. The van der Waals surface area contributed by atoms with E-state index in [1.807, 2.05) is 6.07 Å². The van der Waals surface area contributed by atoms with Crippen LogP contribution in [0.2, 0.25) is 0 Å². The van der Waals surface area contributed by atoms with Crippen LogP contribution in [0.5, 0.6) is 0 Å². The maximum Gasteiger partial charge on any atom is 0.187 e. The highest BCUT2D eigenvalue weighted by atomic mass is 32.2. The van der Waals surface area contributed by atoms with Crippen molar-refractivity contribution >= 4 is 11.8 Å². The van der Waals surface area contributed by atoms with Crippen LogP contribution in [0.3, 0.4) is 0 Å². The predicted molar refractivity (Wildman–Crippen MR) is 72.2 cm³/mol. The standard InChI is InChI=1S/C13H18N4S/c1-2-17-13(10-14)6-3-5-11(9-13)18-12-15-7-4-8-16-12/h4,7-8,11,17H,2-3,5-6,9H2,1H3. The summed E-state index contributed by atoms with van der Waals surface area (Å²) in [6, 6.07) is 4.29. The Kier molecular flexibility index (Phi) is 4.56. The van der Waals surface area contributed by atoms with E-state index in [4.69, 9.17) is 0 Å². The molecule has 0 radical (unpaired) electrons. The van der Waals surface area contributed by atoms with E-state index in [0.29, 0.717) is 5.25 Å². The van der Waals surface area contributed by atoms with Crippen molar-refractivity contribution < 1.29 is 0 Å². The second kappa shape index (κ2) is 6.17. The van der Waals surface area contributed by atoms with Crippen LogP contribution in [-0.4, -0.2) is 27.3 Å². The zero-order valence-electron chi connectivity index (χ0n) is 10.6. The van der Waals surface area contributed by atoms with Crippen molar-refractivity contribution in [2.45, 2.75) is 48.6 Å². The van der Waals surface area contributed by atoms with Gasteiger partial charge in [-0.2, -0.15) is 5.26 Å². The van der Waals surface area contributed by atoms with Gasteiger partial charge in [0.15, 0.2) is 5.16 Å². The Labute approximate surface area is 112 Å². The first-order chi connectivity index (χ1) is 8.78. The Morgan fingerprint density at radius 3 is 3.00 bits per heavy atom. The number of nitrogens with one attached hydrogen (secondary N) is 1. The molecular weight excluding hydrogens is 244 g/mol. The lowest BCUT2D eigenvalue weighted by atomic mass is 9.82. The van der Waals surface area contributed by atoms with Gasteiger partial charge in [-0.1, -0.05) is 18.7 Å². The minimum Gasteiger partial charge on any atom is -0.300 e. The summed E-state index contributed by atoms with van der Waals surface area (Å²) in [4.78, 5) is 8.48. The second-order valence-corrected chi connectivity index (χ2v) is 5.86. The van der Waals surface area contributed by atoms with Crippen molar-refractivity contribution in [3.05, 3.63) is 18.5 Å². The van der Waals surface area contributed by atoms with Gasteiger partial charge in [-0.3, -0.25) is 5.32 Å². The number of hydrogen-bond acceptors (Lipinski definition) is 5. The fourth-order valence-electron chi connectivity index (χ4n) is 2.46. The summed E-state index contributed by atoms with van der Waals surface area (Å²) < 4.78 is 0. The molecule has 0 aliphatic heterocycles. The zero-order chi connectivity index (χ0) is 12.8. The maximum absolute atomic E-state index is 9.40. The van der Waals surface area contributed by atoms with Gasteiger partial charge in [-0.25, -0.2) is 9.97 Å². The lowest BCUT2D eigenvalue weighted by Crippen LogP contribution is -2.48. The molecule has 4 nitrogen and oxygen atoms in total. The molecule has 1 aromatic heterocycles. The van der Waals surface area contributed by atoms with Crippen LogP contribution in [0.15, 0.2) is 23.6 Å². The molecule has 1 saturated carbocycles. The van der Waals surface area contributed by atoms with Gasteiger partial charge in [0.2, 0.25) is 0 Å². The molecule has 2 atom stereocenters. The molecule has 1 heterocycles. The molecule has 1 aliphatic rings. The maximum atomic E-state index is 9.40. The fraction of sp³-hybridized carbons (Fsp3) is 0.615. The van der Waals surface area contributed by atoms with Crippen LogP contribution in [0.4, 0.5) is 0 Å². The van der Waals surface area contributed by atoms with Crippen molar-refractivity contribution in [3.8, 4) is 6.07 Å². The number of thioether (sulfide) groups is 1. The van der Waals surface area contributed by atoms with Crippen molar-refractivity contribution in [1.82, 2.24) is 15.3 Å². The van der Waals surface area contributed by atoms with E-state index in [9.17, 15) is 5.26 Å². The van der Waals surface area contributed by atoms with Gasteiger partial charge in [0.05, 0.1) is 6.07 Å². The monoisotopic (exact) mass is 262 g/mol. The highest BCUT2D eigenvalue weighted by Crippen LogP contribution is 2.36. The number of aromatic nitrogens is 2. The Morgan fingerprint density at radius 1 is 1.56 bits per heavy atom. The van der Waals surface area contributed by atoms with Gasteiger partial charge < -0.3 is 0 Å². The summed E-state index contributed by atoms with van der Waals surface area (Å²) in [5, 5.41) is 14.0. The van der Waals surface area contributed by atoms with Crippen LogP contribution in [0.1, 0.15) is 32.6 Å². The van der Waals surface area contributed by atoms with Gasteiger partial charge in [-0.05, 0) is 38.3 Å². The van der Waals surface area contributed by atoms with Crippen molar-refractivity contribution in [1.29, 1.82) is 5.26 Å². The molecule has 1 aliphatic carbocycles. The summed E-state index contributed by atoms with van der Waals surface area (Å²) in [6.45, 7) is 2.89. The quantitative estimate of drug-likeness (QED) is 0.844. The van der Waals surface area contributed by atoms with Gasteiger partial charge >= 0.3 is 0 Å². The summed E-state index contributed by atoms with van der Waals surface area (Å²) in [7, 11) is 0. The average molecular weight is 262 g/mol. The first kappa shape index (κ1) is 13.3. The largest absolute Gasteiger partial charge is 0.300 e. The number of nitrogens with zero attached hydrogens (tertiary/aromatic N) is 3. The van der Waals surface area contributed by atoms with E-state index < -0.39 is 0 Å². The molecule has 1 fully saturated rings. The minimum absolute atomic E-state index is 0.348. The number of rotatable bonds is 4. The van der Waals surface area contributed by atoms with Gasteiger partial charge in [0.1, 0.15) is 5.54 Å². The zero-order valence-corrected chi connectivity index (χ0v) is 11.4. The number of hydrogen-bond donors (Lipinski definition) is 1. The Hall–Kier alpha value is -1.12. The summed E-state index contributed by atoms with van der Waals surface area (Å²) in [6.07, 6.45) is 7.58. The Morgan fingerprint density at radius 2 is 2.33 bits per heavy atom. The first-order valence-corrected chi connectivity index (χ1v) is 7.26. The van der Waals surface area contributed by atoms with E-state index in [-0.39, 0.29) is 5.54 Å². The third-order valence-electron chi connectivity index (χ3n) is 3.25. The molecular formula is C13H18N4S. The fourth-order valence-corrected chi connectivity index (χ4v) is 3.65. The molecule has 0 aromatic carbocycles. The third kappa shape index (κ3) is 3.21. The van der Waals surface area contributed by atoms with Crippen LogP contribution in [0.25, 0.3) is 0 Å².